The monoisotopic (exact) mass is 1160 g/mol. The van der Waals surface area contributed by atoms with Crippen LogP contribution in [0.4, 0.5) is 11.4 Å². The Bertz CT molecular complexity index is 3810. The minimum atomic E-state index is -5.19. The number of benzene rings is 4. The SMILES string of the molecule is COCCC1(C)\C(=C/C=C/C=C/C2=[N+](CCCS(=O)(=O)O)c3ccc4c(S(=O)(=O)O)cc(S(=O)(=O)O)cc4c3C2(C)CCCS(=O)(=O)O)N(CCCCCC(=O)O)c2ccc3c(S(=O)(=O)O)cc(S(=O)(=O)O)cc3c21. The fourth-order valence-corrected chi connectivity index (χ4v) is 13.8. The van der Waals surface area contributed by atoms with Gasteiger partial charge in [0, 0.05) is 78.4 Å². The molecule has 410 valence electrons. The first-order valence-electron chi connectivity index (χ1n) is 22.7. The van der Waals surface area contributed by atoms with Crippen molar-refractivity contribution in [1.29, 1.82) is 0 Å². The molecule has 0 aliphatic carbocycles. The van der Waals surface area contributed by atoms with Crippen LogP contribution in [0.5, 0.6) is 0 Å². The number of nitrogens with zero attached hydrogens (tertiary/aromatic N) is 2. The average molecular weight is 1160 g/mol. The first kappa shape index (κ1) is 59.2. The normalized spacial score (nSPS) is 19.4. The molecule has 2 unspecified atom stereocenters. The van der Waals surface area contributed by atoms with Crippen molar-refractivity contribution in [2.24, 2.45) is 0 Å². The topological polar surface area (TPSA) is 379 Å². The molecule has 23 nitrogen and oxygen atoms in total. The highest BCUT2D eigenvalue weighted by atomic mass is 32.2. The van der Waals surface area contributed by atoms with E-state index in [0.717, 1.165) is 12.1 Å². The maximum atomic E-state index is 12.7. The number of rotatable bonds is 24. The Kier molecular flexibility index (Phi) is 17.2. The molecule has 2 atom stereocenters. The second-order valence-electron chi connectivity index (χ2n) is 18.5. The van der Waals surface area contributed by atoms with Gasteiger partial charge in [0.1, 0.15) is 16.3 Å². The molecule has 0 saturated carbocycles. The Labute approximate surface area is 434 Å². The van der Waals surface area contributed by atoms with E-state index >= 15 is 0 Å². The molecule has 2 aliphatic heterocycles. The number of ether oxygens (including phenoxy) is 1. The van der Waals surface area contributed by atoms with Crippen molar-refractivity contribution in [2.45, 2.75) is 95.6 Å². The summed E-state index contributed by atoms with van der Waals surface area (Å²) in [5, 5.41) is 8.91. The van der Waals surface area contributed by atoms with Gasteiger partial charge in [-0.25, -0.2) is 0 Å². The summed E-state index contributed by atoms with van der Waals surface area (Å²) in [6, 6.07) is 8.86. The largest absolute Gasteiger partial charge is 0.481 e. The maximum absolute atomic E-state index is 12.7. The average Bonchev–Trinajstić information content (AvgIpc) is 3.65. The molecule has 2 aliphatic rings. The minimum absolute atomic E-state index is 0.0523. The fraction of sp³-hybridized carbons (Fsp3) is 0.391. The second kappa shape index (κ2) is 21.8. The standard InChI is InChI=1S/C46H54N2O21S6/c1-45(19-10-24-70(51,52)53)40(48(22-11-25-71(54,55)56)36-17-15-32-34(43(36)45)26-30(72(57,58)59)28-38(32)74(63,64)65)12-6-4-7-13-41-46(2,20-23-69-3)44-35-27-31(73(60,61)62)29-39(75(66,67)68)33(35)16-18-37(44)47(41)21-9-5-8-14-42(49)50/h4,6-7,12-13,15-18,26-29H,5,8-11,14,19-25H2,1-3H3,(H6-,49,50,51,52,53,54,55,56,57,58,59,60,61,62,63,64,65,66,67,68)/p+1. The van der Waals surface area contributed by atoms with E-state index in [0.29, 0.717) is 48.3 Å². The molecule has 75 heavy (non-hydrogen) atoms. The van der Waals surface area contributed by atoms with Crippen LogP contribution in [0.25, 0.3) is 21.5 Å². The number of aliphatic carboxylic acids is 1. The third-order valence-electron chi connectivity index (χ3n) is 13.3. The van der Waals surface area contributed by atoms with E-state index < -0.39 is 109 Å². The number of carboxylic acid groups (broad SMARTS) is 1. The molecule has 29 heteroatoms. The Morgan fingerprint density at radius 1 is 0.613 bits per heavy atom. The van der Waals surface area contributed by atoms with Gasteiger partial charge < -0.3 is 14.7 Å². The van der Waals surface area contributed by atoms with Crippen molar-refractivity contribution in [3.63, 3.8) is 0 Å². The molecule has 0 radical (unpaired) electrons. The van der Waals surface area contributed by atoms with Gasteiger partial charge in [-0.05, 0) is 105 Å². The predicted molar refractivity (Wildman–Crippen MR) is 275 cm³/mol. The highest BCUT2D eigenvalue weighted by Gasteiger charge is 2.49. The number of anilines is 1. The summed E-state index contributed by atoms with van der Waals surface area (Å²) < 4.78 is 217. The second-order valence-corrected chi connectivity index (χ2v) is 27.2. The summed E-state index contributed by atoms with van der Waals surface area (Å²) in [5.41, 5.74) is -0.536. The van der Waals surface area contributed by atoms with Gasteiger partial charge in [-0.15, -0.1) is 0 Å². The van der Waals surface area contributed by atoms with Crippen molar-refractivity contribution in [2.75, 3.05) is 43.2 Å². The van der Waals surface area contributed by atoms with Gasteiger partial charge in [-0.2, -0.15) is 55.1 Å². The quantitative estimate of drug-likeness (QED) is 0.0190. The number of carbonyl (C=O) groups is 1. The lowest BCUT2D eigenvalue weighted by molar-refractivity contribution is -0.437. The lowest BCUT2D eigenvalue weighted by Gasteiger charge is -2.30. The zero-order valence-electron chi connectivity index (χ0n) is 40.4. The van der Waals surface area contributed by atoms with Crippen LogP contribution < -0.4 is 4.90 Å². The van der Waals surface area contributed by atoms with Gasteiger partial charge >= 0.3 is 5.97 Å². The predicted octanol–water partition coefficient (Wildman–Crippen LogP) is 5.74. The van der Waals surface area contributed by atoms with E-state index in [9.17, 15) is 87.7 Å². The number of hydrogen-bond donors (Lipinski definition) is 7. The third-order valence-corrected chi connectivity index (χ3v) is 18.4. The van der Waals surface area contributed by atoms with Gasteiger partial charge in [0.05, 0.1) is 26.7 Å². The summed E-state index contributed by atoms with van der Waals surface area (Å²) in [6.45, 7) is 3.55. The minimum Gasteiger partial charge on any atom is -0.481 e. The Morgan fingerprint density at radius 3 is 1.68 bits per heavy atom. The van der Waals surface area contributed by atoms with E-state index in [4.69, 9.17) is 4.74 Å². The van der Waals surface area contributed by atoms with Crippen LogP contribution in [0.2, 0.25) is 0 Å². The molecular formula is C46H55N2O21S6+. The molecule has 0 aromatic heterocycles. The summed E-state index contributed by atoms with van der Waals surface area (Å²) in [4.78, 5) is 9.77. The van der Waals surface area contributed by atoms with E-state index in [1.54, 1.807) is 48.8 Å². The molecular weight excluding hydrogens is 1110 g/mol. The fourth-order valence-electron chi connectivity index (χ4n) is 10.1. The summed E-state index contributed by atoms with van der Waals surface area (Å²) in [7, 11) is -28.2. The van der Waals surface area contributed by atoms with Crippen LogP contribution in [0, 0.1) is 0 Å². The summed E-state index contributed by atoms with van der Waals surface area (Å²) in [5.74, 6) is -2.50. The number of unbranched alkanes of at least 4 members (excludes halogenated alkanes) is 2. The number of allylic oxidation sites excluding steroid dienone is 6. The van der Waals surface area contributed by atoms with Crippen molar-refractivity contribution in [3.05, 3.63) is 95.7 Å². The molecule has 4 aromatic carbocycles. The van der Waals surface area contributed by atoms with Crippen LogP contribution in [-0.4, -0.2) is 137 Å². The number of fused-ring (bicyclic) bond motifs is 6. The molecule has 0 fully saturated rings. The molecule has 6 rings (SSSR count). The molecule has 7 N–H and O–H groups in total. The van der Waals surface area contributed by atoms with Crippen LogP contribution in [0.1, 0.15) is 76.3 Å². The first-order chi connectivity index (χ1) is 34.5. The molecule has 0 amide bonds. The van der Waals surface area contributed by atoms with Gasteiger partial charge in [-0.1, -0.05) is 30.7 Å². The molecule has 0 spiro atoms. The lowest BCUT2D eigenvalue weighted by atomic mass is 9.74. The zero-order chi connectivity index (χ0) is 55.9. The number of hydrogen-bond acceptors (Lipinski definition) is 15. The number of carboxylic acids is 1. The van der Waals surface area contributed by atoms with Crippen LogP contribution in [0.15, 0.2) is 104 Å². The van der Waals surface area contributed by atoms with Crippen molar-refractivity contribution in [3.8, 4) is 0 Å². The van der Waals surface area contributed by atoms with Gasteiger partial charge in [-0.3, -0.25) is 32.1 Å². The van der Waals surface area contributed by atoms with Gasteiger partial charge in [0.2, 0.25) is 5.69 Å². The van der Waals surface area contributed by atoms with Crippen LogP contribution in [-0.2, 0) is 81.1 Å². The van der Waals surface area contributed by atoms with E-state index in [1.807, 2.05) is 4.90 Å². The Hall–Kier alpha value is -5.02. The molecule has 0 bridgehead atoms. The summed E-state index contributed by atoms with van der Waals surface area (Å²) >= 11 is 0. The number of methoxy groups -OCH3 is 1. The highest BCUT2D eigenvalue weighted by Crippen LogP contribution is 2.54. The summed E-state index contributed by atoms with van der Waals surface area (Å²) in [6.07, 6.45) is 8.59. The lowest BCUT2D eigenvalue weighted by Crippen LogP contribution is -2.32. The van der Waals surface area contributed by atoms with E-state index in [-0.39, 0.29) is 90.3 Å². The van der Waals surface area contributed by atoms with Crippen molar-refractivity contribution in [1.82, 2.24) is 0 Å². The molecule has 2 heterocycles. The van der Waals surface area contributed by atoms with Crippen molar-refractivity contribution < 1.29 is 97.0 Å². The van der Waals surface area contributed by atoms with E-state index in [2.05, 4.69) is 0 Å². The van der Waals surface area contributed by atoms with Crippen LogP contribution >= 0.6 is 0 Å². The van der Waals surface area contributed by atoms with Crippen LogP contribution in [0.3, 0.4) is 0 Å². The first-order valence-corrected chi connectivity index (χ1v) is 31.7. The smallest absolute Gasteiger partial charge is 0.303 e. The van der Waals surface area contributed by atoms with Gasteiger partial charge in [0.15, 0.2) is 5.71 Å². The Morgan fingerprint density at radius 2 is 1.16 bits per heavy atom. The Balaban J connectivity index is 1.58. The third kappa shape index (κ3) is 13.2. The molecule has 0 saturated heterocycles. The van der Waals surface area contributed by atoms with Gasteiger partial charge in [0.25, 0.3) is 60.7 Å². The zero-order valence-corrected chi connectivity index (χ0v) is 45.3. The highest BCUT2D eigenvalue weighted by molar-refractivity contribution is 7.87. The van der Waals surface area contributed by atoms with Crippen molar-refractivity contribution >= 4 is 105 Å². The van der Waals surface area contributed by atoms with E-state index in [1.165, 1.54) is 31.4 Å². The molecule has 4 aromatic rings. The maximum Gasteiger partial charge on any atom is 0.303 e.